The van der Waals surface area contributed by atoms with Crippen molar-refractivity contribution < 1.29 is 4.79 Å². The zero-order valence-corrected chi connectivity index (χ0v) is 16.5. The standard InChI is InChI=1S/C23H26N4O/c1-16-14-20(17-10-6-4-7-11-17)25-21-19(15-24-27(16)21)22(28)26-23(2,3)18-12-8-5-9-13-18/h4-13,15-16,20,25H,14H2,1-3H3,(H,26,28). The van der Waals surface area contributed by atoms with Gasteiger partial charge < -0.3 is 10.6 Å². The van der Waals surface area contributed by atoms with Gasteiger partial charge in [-0.25, -0.2) is 4.68 Å². The third kappa shape index (κ3) is 3.40. The zero-order valence-electron chi connectivity index (χ0n) is 16.5. The molecule has 0 saturated carbocycles. The van der Waals surface area contributed by atoms with Crippen LogP contribution in [0.3, 0.4) is 0 Å². The predicted molar refractivity (Wildman–Crippen MR) is 111 cm³/mol. The Hall–Kier alpha value is -3.08. The van der Waals surface area contributed by atoms with Gasteiger partial charge in [-0.1, -0.05) is 60.7 Å². The van der Waals surface area contributed by atoms with Crippen LogP contribution >= 0.6 is 0 Å². The molecule has 3 aromatic rings. The molecule has 1 aliphatic rings. The van der Waals surface area contributed by atoms with E-state index in [0.717, 1.165) is 17.8 Å². The summed E-state index contributed by atoms with van der Waals surface area (Å²) in [6.45, 7) is 6.17. The summed E-state index contributed by atoms with van der Waals surface area (Å²) in [6, 6.07) is 20.7. The maximum atomic E-state index is 13.1. The van der Waals surface area contributed by atoms with Gasteiger partial charge in [0.05, 0.1) is 23.8 Å². The van der Waals surface area contributed by atoms with Crippen LogP contribution in [0.4, 0.5) is 5.82 Å². The average molecular weight is 374 g/mol. The number of benzene rings is 2. The lowest BCUT2D eigenvalue weighted by Gasteiger charge is -2.32. The summed E-state index contributed by atoms with van der Waals surface area (Å²) in [7, 11) is 0. The number of nitrogens with one attached hydrogen (secondary N) is 2. The van der Waals surface area contributed by atoms with Gasteiger partial charge in [0.1, 0.15) is 11.4 Å². The Balaban J connectivity index is 1.60. The molecule has 1 aliphatic heterocycles. The van der Waals surface area contributed by atoms with Crippen molar-refractivity contribution in [3.05, 3.63) is 83.6 Å². The lowest BCUT2D eigenvalue weighted by molar-refractivity contribution is 0.0912. The fourth-order valence-corrected chi connectivity index (χ4v) is 3.85. The minimum atomic E-state index is -0.480. The zero-order chi connectivity index (χ0) is 19.7. The van der Waals surface area contributed by atoms with Crippen molar-refractivity contribution in [2.24, 2.45) is 0 Å². The Morgan fingerprint density at radius 2 is 1.75 bits per heavy atom. The van der Waals surface area contributed by atoms with E-state index in [-0.39, 0.29) is 18.0 Å². The molecule has 4 rings (SSSR count). The van der Waals surface area contributed by atoms with Crippen molar-refractivity contribution in [1.82, 2.24) is 15.1 Å². The highest BCUT2D eigenvalue weighted by Crippen LogP contribution is 2.36. The Labute approximate surface area is 165 Å². The van der Waals surface area contributed by atoms with Gasteiger partial charge in [0.15, 0.2) is 0 Å². The second-order valence-electron chi connectivity index (χ2n) is 7.99. The normalized spacial score (nSPS) is 18.8. The molecule has 144 valence electrons. The number of amides is 1. The molecule has 2 heterocycles. The van der Waals surface area contributed by atoms with Gasteiger partial charge >= 0.3 is 0 Å². The highest BCUT2D eigenvalue weighted by atomic mass is 16.1. The third-order valence-electron chi connectivity index (χ3n) is 5.47. The Bertz CT molecular complexity index is 963. The Kier molecular flexibility index (Phi) is 4.67. The van der Waals surface area contributed by atoms with Crippen molar-refractivity contribution in [2.45, 2.75) is 44.8 Å². The van der Waals surface area contributed by atoms with Crippen LogP contribution in [0.5, 0.6) is 0 Å². The molecule has 2 aromatic carbocycles. The van der Waals surface area contributed by atoms with Gasteiger partial charge in [-0.2, -0.15) is 5.10 Å². The van der Waals surface area contributed by atoms with Crippen molar-refractivity contribution >= 4 is 11.7 Å². The maximum absolute atomic E-state index is 13.1. The van der Waals surface area contributed by atoms with E-state index in [9.17, 15) is 4.79 Å². The number of hydrogen-bond donors (Lipinski definition) is 2. The topological polar surface area (TPSA) is 59.0 Å². The number of hydrogen-bond acceptors (Lipinski definition) is 3. The Morgan fingerprint density at radius 1 is 1.11 bits per heavy atom. The molecule has 0 aliphatic carbocycles. The molecule has 2 atom stereocenters. The molecule has 0 radical (unpaired) electrons. The molecule has 0 fully saturated rings. The lowest BCUT2D eigenvalue weighted by Crippen LogP contribution is -2.41. The number of carbonyl (C=O) groups excluding carboxylic acids is 1. The molecule has 5 heteroatoms. The molecule has 1 aromatic heterocycles. The fourth-order valence-electron chi connectivity index (χ4n) is 3.85. The van der Waals surface area contributed by atoms with E-state index in [1.165, 1.54) is 5.56 Å². The highest BCUT2D eigenvalue weighted by Gasteiger charge is 2.31. The smallest absolute Gasteiger partial charge is 0.257 e. The van der Waals surface area contributed by atoms with Crippen LogP contribution in [0.25, 0.3) is 0 Å². The second kappa shape index (κ2) is 7.15. The number of nitrogens with zero attached hydrogens (tertiary/aromatic N) is 2. The maximum Gasteiger partial charge on any atom is 0.257 e. The van der Waals surface area contributed by atoms with Crippen LogP contribution in [0.1, 0.15) is 60.8 Å². The number of fused-ring (bicyclic) bond motifs is 1. The monoisotopic (exact) mass is 374 g/mol. The van der Waals surface area contributed by atoms with E-state index in [1.54, 1.807) is 6.20 Å². The summed E-state index contributed by atoms with van der Waals surface area (Å²) in [5.41, 5.74) is 2.38. The van der Waals surface area contributed by atoms with E-state index in [1.807, 2.05) is 67.1 Å². The van der Waals surface area contributed by atoms with Crippen molar-refractivity contribution in [3.8, 4) is 0 Å². The molecule has 2 unspecified atom stereocenters. The lowest BCUT2D eigenvalue weighted by atomic mass is 9.94. The number of carbonyl (C=O) groups is 1. The molecule has 0 bridgehead atoms. The largest absolute Gasteiger partial charge is 0.363 e. The van der Waals surface area contributed by atoms with E-state index >= 15 is 0 Å². The molecular formula is C23H26N4O. The first-order valence-electron chi connectivity index (χ1n) is 9.73. The number of rotatable bonds is 4. The van der Waals surface area contributed by atoms with E-state index in [0.29, 0.717) is 5.56 Å². The van der Waals surface area contributed by atoms with Crippen LogP contribution < -0.4 is 10.6 Å². The summed E-state index contributed by atoms with van der Waals surface area (Å²) in [5, 5.41) is 11.2. The van der Waals surface area contributed by atoms with Gasteiger partial charge in [0.2, 0.25) is 0 Å². The third-order valence-corrected chi connectivity index (χ3v) is 5.47. The van der Waals surface area contributed by atoms with Gasteiger partial charge in [-0.05, 0) is 38.3 Å². The number of anilines is 1. The van der Waals surface area contributed by atoms with Crippen molar-refractivity contribution in [2.75, 3.05) is 5.32 Å². The molecular weight excluding hydrogens is 348 g/mol. The second-order valence-corrected chi connectivity index (χ2v) is 7.99. The van der Waals surface area contributed by atoms with Crippen LogP contribution in [0.2, 0.25) is 0 Å². The van der Waals surface area contributed by atoms with E-state index < -0.39 is 5.54 Å². The first kappa shape index (κ1) is 18.3. The van der Waals surface area contributed by atoms with Crippen LogP contribution in [0, 0.1) is 0 Å². The Morgan fingerprint density at radius 3 is 2.43 bits per heavy atom. The van der Waals surface area contributed by atoms with Crippen LogP contribution in [-0.2, 0) is 5.54 Å². The minimum absolute atomic E-state index is 0.122. The van der Waals surface area contributed by atoms with Gasteiger partial charge in [-0.3, -0.25) is 4.79 Å². The molecule has 0 saturated heterocycles. The molecule has 5 nitrogen and oxygen atoms in total. The predicted octanol–water partition coefficient (Wildman–Crippen LogP) is 4.67. The molecule has 0 spiro atoms. The fraction of sp³-hybridized carbons (Fsp3) is 0.304. The van der Waals surface area contributed by atoms with E-state index in [2.05, 4.69) is 34.8 Å². The number of aromatic nitrogens is 2. The summed E-state index contributed by atoms with van der Waals surface area (Å²) in [6.07, 6.45) is 2.60. The quantitative estimate of drug-likeness (QED) is 0.698. The summed E-state index contributed by atoms with van der Waals surface area (Å²) < 4.78 is 1.92. The van der Waals surface area contributed by atoms with E-state index in [4.69, 9.17) is 0 Å². The first-order chi connectivity index (χ1) is 13.5. The molecule has 1 amide bonds. The summed E-state index contributed by atoms with van der Waals surface area (Å²) in [5.74, 6) is 0.664. The molecule has 2 N–H and O–H groups in total. The first-order valence-corrected chi connectivity index (χ1v) is 9.73. The SMILES string of the molecule is CC1CC(c2ccccc2)Nc2c(C(=O)NC(C)(C)c3ccccc3)cnn21. The van der Waals surface area contributed by atoms with Gasteiger partial charge in [0, 0.05) is 0 Å². The highest BCUT2D eigenvalue weighted by molar-refractivity contribution is 5.99. The van der Waals surface area contributed by atoms with Crippen LogP contribution in [0.15, 0.2) is 66.9 Å². The minimum Gasteiger partial charge on any atom is -0.363 e. The van der Waals surface area contributed by atoms with Gasteiger partial charge in [-0.15, -0.1) is 0 Å². The molecule has 28 heavy (non-hydrogen) atoms. The summed E-state index contributed by atoms with van der Waals surface area (Å²) >= 11 is 0. The van der Waals surface area contributed by atoms with Gasteiger partial charge in [0.25, 0.3) is 5.91 Å². The summed E-state index contributed by atoms with van der Waals surface area (Å²) in [4.78, 5) is 13.1. The average Bonchev–Trinajstić information content (AvgIpc) is 3.14. The van der Waals surface area contributed by atoms with Crippen molar-refractivity contribution in [3.63, 3.8) is 0 Å². The van der Waals surface area contributed by atoms with Crippen LogP contribution in [-0.4, -0.2) is 15.7 Å². The van der Waals surface area contributed by atoms with Crippen molar-refractivity contribution in [1.29, 1.82) is 0 Å².